The Morgan fingerprint density at radius 2 is 1.81 bits per heavy atom. The summed E-state index contributed by atoms with van der Waals surface area (Å²) >= 11 is 0. The van der Waals surface area contributed by atoms with E-state index >= 15 is 0 Å². The van der Waals surface area contributed by atoms with E-state index in [0.29, 0.717) is 11.6 Å². The molecule has 0 aliphatic rings. The molecule has 2 aromatic rings. The molecule has 2 aromatic heterocycles. The maximum absolute atomic E-state index is 5.72. The third-order valence-corrected chi connectivity index (χ3v) is 2.01. The van der Waals surface area contributed by atoms with Gasteiger partial charge in [0.15, 0.2) is 11.6 Å². The quantitative estimate of drug-likeness (QED) is 0.820. The summed E-state index contributed by atoms with van der Waals surface area (Å²) in [6.45, 7) is 1.95. The number of rotatable bonds is 3. The maximum atomic E-state index is 5.72. The van der Waals surface area contributed by atoms with Gasteiger partial charge in [0.05, 0.1) is 0 Å². The SMILES string of the molecule is CC(N)Cc1ccnc(-c2ncccn2)n1. The van der Waals surface area contributed by atoms with Crippen molar-refractivity contribution >= 4 is 0 Å². The van der Waals surface area contributed by atoms with E-state index in [1.807, 2.05) is 13.0 Å². The van der Waals surface area contributed by atoms with Gasteiger partial charge in [0.25, 0.3) is 0 Å². The van der Waals surface area contributed by atoms with Crippen molar-refractivity contribution < 1.29 is 0 Å². The number of hydrogen-bond acceptors (Lipinski definition) is 5. The van der Waals surface area contributed by atoms with Crippen molar-refractivity contribution in [2.24, 2.45) is 5.73 Å². The lowest BCUT2D eigenvalue weighted by Crippen LogP contribution is -2.18. The van der Waals surface area contributed by atoms with Crippen LogP contribution in [-0.2, 0) is 6.42 Å². The first-order chi connectivity index (χ1) is 7.75. The predicted molar refractivity (Wildman–Crippen MR) is 60.4 cm³/mol. The van der Waals surface area contributed by atoms with Crippen molar-refractivity contribution in [2.45, 2.75) is 19.4 Å². The molecule has 1 unspecified atom stereocenters. The molecule has 2 rings (SSSR count). The van der Waals surface area contributed by atoms with Gasteiger partial charge in [-0.3, -0.25) is 0 Å². The Bertz CT molecular complexity index is 455. The summed E-state index contributed by atoms with van der Waals surface area (Å²) in [6.07, 6.45) is 5.77. The molecule has 0 bridgehead atoms. The third kappa shape index (κ3) is 2.58. The van der Waals surface area contributed by atoms with E-state index in [0.717, 1.165) is 12.1 Å². The van der Waals surface area contributed by atoms with Gasteiger partial charge in [-0.15, -0.1) is 0 Å². The van der Waals surface area contributed by atoms with E-state index in [1.165, 1.54) is 0 Å². The lowest BCUT2D eigenvalue weighted by molar-refractivity contribution is 0.720. The van der Waals surface area contributed by atoms with Gasteiger partial charge in [-0.2, -0.15) is 0 Å². The van der Waals surface area contributed by atoms with Gasteiger partial charge < -0.3 is 5.73 Å². The van der Waals surface area contributed by atoms with Gasteiger partial charge >= 0.3 is 0 Å². The fourth-order valence-electron chi connectivity index (χ4n) is 1.36. The van der Waals surface area contributed by atoms with Crippen LogP contribution in [0.15, 0.2) is 30.7 Å². The highest BCUT2D eigenvalue weighted by Crippen LogP contribution is 2.08. The van der Waals surface area contributed by atoms with Crippen LogP contribution in [0.25, 0.3) is 11.6 Å². The minimum absolute atomic E-state index is 0.0828. The van der Waals surface area contributed by atoms with Gasteiger partial charge in [-0.1, -0.05) is 0 Å². The fourth-order valence-corrected chi connectivity index (χ4v) is 1.36. The normalized spacial score (nSPS) is 12.4. The zero-order valence-electron chi connectivity index (χ0n) is 9.04. The second-order valence-electron chi connectivity index (χ2n) is 3.63. The van der Waals surface area contributed by atoms with Crippen molar-refractivity contribution in [3.8, 4) is 11.6 Å². The lowest BCUT2D eigenvalue weighted by atomic mass is 10.2. The zero-order valence-corrected chi connectivity index (χ0v) is 9.04. The summed E-state index contributed by atoms with van der Waals surface area (Å²) in [6, 6.07) is 3.70. The van der Waals surface area contributed by atoms with Crippen LogP contribution in [0.1, 0.15) is 12.6 Å². The van der Waals surface area contributed by atoms with Gasteiger partial charge in [-0.25, -0.2) is 19.9 Å². The Hall–Kier alpha value is -1.88. The molecule has 0 fully saturated rings. The van der Waals surface area contributed by atoms with E-state index in [4.69, 9.17) is 5.73 Å². The summed E-state index contributed by atoms with van der Waals surface area (Å²) in [5, 5.41) is 0. The lowest BCUT2D eigenvalue weighted by Gasteiger charge is -2.05. The molecule has 0 spiro atoms. The largest absolute Gasteiger partial charge is 0.328 e. The van der Waals surface area contributed by atoms with Gasteiger partial charge in [0.2, 0.25) is 0 Å². The molecular weight excluding hydrogens is 202 g/mol. The molecule has 0 radical (unpaired) electrons. The van der Waals surface area contributed by atoms with Crippen LogP contribution in [0.2, 0.25) is 0 Å². The topological polar surface area (TPSA) is 77.6 Å². The highest BCUT2D eigenvalue weighted by Gasteiger charge is 2.05. The average molecular weight is 215 g/mol. The molecule has 2 heterocycles. The second-order valence-corrected chi connectivity index (χ2v) is 3.63. The molecule has 0 amide bonds. The number of nitrogens with zero attached hydrogens (tertiary/aromatic N) is 4. The minimum atomic E-state index is 0.0828. The summed E-state index contributed by atoms with van der Waals surface area (Å²) in [5.41, 5.74) is 6.63. The molecule has 5 nitrogen and oxygen atoms in total. The van der Waals surface area contributed by atoms with Crippen LogP contribution in [0.3, 0.4) is 0 Å². The molecular formula is C11H13N5. The van der Waals surface area contributed by atoms with Crippen molar-refractivity contribution in [1.29, 1.82) is 0 Å². The van der Waals surface area contributed by atoms with Crippen molar-refractivity contribution in [3.05, 3.63) is 36.4 Å². The van der Waals surface area contributed by atoms with E-state index in [9.17, 15) is 0 Å². The Morgan fingerprint density at radius 1 is 1.12 bits per heavy atom. The Labute approximate surface area is 93.8 Å². The number of hydrogen-bond donors (Lipinski definition) is 1. The van der Waals surface area contributed by atoms with Crippen LogP contribution in [-0.4, -0.2) is 26.0 Å². The third-order valence-electron chi connectivity index (χ3n) is 2.01. The van der Waals surface area contributed by atoms with Crippen molar-refractivity contribution in [2.75, 3.05) is 0 Å². The number of nitrogens with two attached hydrogens (primary N) is 1. The van der Waals surface area contributed by atoms with Crippen LogP contribution in [0.4, 0.5) is 0 Å². The standard InChI is InChI=1S/C11H13N5/c1-8(12)7-9-3-6-15-11(16-9)10-13-4-2-5-14-10/h2-6,8H,7,12H2,1H3. The van der Waals surface area contributed by atoms with Crippen molar-refractivity contribution in [3.63, 3.8) is 0 Å². The molecule has 16 heavy (non-hydrogen) atoms. The monoisotopic (exact) mass is 215 g/mol. The van der Waals surface area contributed by atoms with Crippen LogP contribution < -0.4 is 5.73 Å². The summed E-state index contributed by atoms with van der Waals surface area (Å²) in [5.74, 6) is 1.08. The van der Waals surface area contributed by atoms with Gasteiger partial charge in [-0.05, 0) is 19.1 Å². The first kappa shape index (κ1) is 10.6. The molecule has 0 aliphatic carbocycles. The first-order valence-electron chi connectivity index (χ1n) is 5.10. The van der Waals surface area contributed by atoms with Crippen molar-refractivity contribution in [1.82, 2.24) is 19.9 Å². The van der Waals surface area contributed by atoms with Crippen LogP contribution in [0, 0.1) is 0 Å². The van der Waals surface area contributed by atoms with Gasteiger partial charge in [0, 0.05) is 36.7 Å². The Balaban J connectivity index is 2.29. The van der Waals surface area contributed by atoms with Crippen LogP contribution >= 0.6 is 0 Å². The average Bonchev–Trinajstić information content (AvgIpc) is 2.30. The smallest absolute Gasteiger partial charge is 0.197 e. The van der Waals surface area contributed by atoms with E-state index in [1.54, 1.807) is 24.7 Å². The molecule has 0 aliphatic heterocycles. The molecule has 0 aromatic carbocycles. The molecule has 2 N–H and O–H groups in total. The zero-order chi connectivity index (χ0) is 11.4. The summed E-state index contributed by atoms with van der Waals surface area (Å²) in [7, 11) is 0. The second kappa shape index (κ2) is 4.76. The highest BCUT2D eigenvalue weighted by molar-refractivity contribution is 5.41. The van der Waals surface area contributed by atoms with E-state index in [-0.39, 0.29) is 6.04 Å². The summed E-state index contributed by atoms with van der Waals surface area (Å²) < 4.78 is 0. The highest BCUT2D eigenvalue weighted by atomic mass is 15.0. The Kier molecular flexibility index (Phi) is 3.16. The van der Waals surface area contributed by atoms with Crippen LogP contribution in [0.5, 0.6) is 0 Å². The molecule has 0 saturated heterocycles. The van der Waals surface area contributed by atoms with Gasteiger partial charge in [0.1, 0.15) is 0 Å². The molecule has 0 saturated carbocycles. The molecule has 5 heteroatoms. The number of aromatic nitrogens is 4. The molecule has 1 atom stereocenters. The fraction of sp³-hybridized carbons (Fsp3) is 0.273. The maximum Gasteiger partial charge on any atom is 0.197 e. The first-order valence-corrected chi connectivity index (χ1v) is 5.10. The minimum Gasteiger partial charge on any atom is -0.328 e. The predicted octanol–water partition coefficient (Wildman–Crippen LogP) is 0.823. The molecule has 82 valence electrons. The van der Waals surface area contributed by atoms with E-state index in [2.05, 4.69) is 19.9 Å². The summed E-state index contributed by atoms with van der Waals surface area (Å²) in [4.78, 5) is 16.7. The van der Waals surface area contributed by atoms with E-state index < -0.39 is 0 Å². The Morgan fingerprint density at radius 3 is 2.50 bits per heavy atom.